The molecule has 12 heteroatoms. The van der Waals surface area contributed by atoms with E-state index in [9.17, 15) is 22.4 Å². The first kappa shape index (κ1) is 22.8. The van der Waals surface area contributed by atoms with Crippen LogP contribution in [0.3, 0.4) is 0 Å². The number of fused-ring (bicyclic) bond motifs is 1. The van der Waals surface area contributed by atoms with Gasteiger partial charge >= 0.3 is 12.1 Å². The van der Waals surface area contributed by atoms with Crippen LogP contribution < -0.4 is 4.90 Å². The first-order chi connectivity index (χ1) is 13.5. The molecule has 0 radical (unpaired) electrons. The van der Waals surface area contributed by atoms with Crippen molar-refractivity contribution in [2.75, 3.05) is 38.7 Å². The number of halogens is 4. The third kappa shape index (κ3) is 5.99. The van der Waals surface area contributed by atoms with Crippen molar-refractivity contribution >= 4 is 17.8 Å². The minimum Gasteiger partial charge on any atom is -0.475 e. The third-order valence-corrected chi connectivity index (χ3v) is 4.76. The lowest BCUT2D eigenvalue weighted by molar-refractivity contribution is -0.192. The summed E-state index contributed by atoms with van der Waals surface area (Å²) in [7, 11) is 3.58. The lowest BCUT2D eigenvalue weighted by Gasteiger charge is -2.45. The number of rotatable bonds is 2. The van der Waals surface area contributed by atoms with E-state index in [1.54, 1.807) is 19.0 Å². The smallest absolute Gasteiger partial charge is 0.475 e. The number of carbonyl (C=O) groups is 2. The number of aromatic nitrogens is 2. The van der Waals surface area contributed by atoms with Gasteiger partial charge in [-0.1, -0.05) is 0 Å². The highest BCUT2D eigenvalue weighted by molar-refractivity contribution is 5.79. The maximum absolute atomic E-state index is 13.0. The van der Waals surface area contributed by atoms with Gasteiger partial charge in [0.15, 0.2) is 5.82 Å². The second kappa shape index (κ2) is 9.33. The van der Waals surface area contributed by atoms with Gasteiger partial charge in [-0.15, -0.1) is 0 Å². The minimum absolute atomic E-state index is 0.0306. The number of nitrogens with zero attached hydrogens (tertiary/aromatic N) is 4. The van der Waals surface area contributed by atoms with Crippen molar-refractivity contribution in [3.63, 3.8) is 0 Å². The summed E-state index contributed by atoms with van der Waals surface area (Å²) in [6, 6.07) is 0. The molecular weight excluding hydrogens is 400 g/mol. The van der Waals surface area contributed by atoms with E-state index in [4.69, 9.17) is 14.6 Å². The predicted molar refractivity (Wildman–Crippen MR) is 92.5 cm³/mol. The number of alkyl halides is 3. The quantitative estimate of drug-likeness (QED) is 0.723. The topological polar surface area (TPSA) is 95.9 Å². The van der Waals surface area contributed by atoms with Crippen molar-refractivity contribution in [2.45, 2.75) is 25.1 Å². The number of ether oxygens (including phenoxy) is 1. The highest BCUT2D eigenvalue weighted by atomic mass is 19.4. The van der Waals surface area contributed by atoms with Gasteiger partial charge in [0.25, 0.3) is 0 Å². The molecule has 2 fully saturated rings. The Bertz CT molecular complexity index is 714. The fourth-order valence-electron chi connectivity index (χ4n) is 3.40. The van der Waals surface area contributed by atoms with Gasteiger partial charge in [-0.05, 0) is 12.8 Å². The molecule has 0 saturated carbocycles. The van der Waals surface area contributed by atoms with Crippen molar-refractivity contribution in [2.24, 2.45) is 11.8 Å². The second-order valence-electron chi connectivity index (χ2n) is 6.94. The van der Waals surface area contributed by atoms with Gasteiger partial charge in [0.2, 0.25) is 11.9 Å². The number of aliphatic carboxylic acids is 1. The number of carboxylic acids is 1. The van der Waals surface area contributed by atoms with Crippen LogP contribution in [0.5, 0.6) is 0 Å². The number of piperidine rings is 1. The van der Waals surface area contributed by atoms with E-state index in [0.717, 1.165) is 19.4 Å². The standard InChI is InChI=1S/C15H21FN4O2.C2HF3O2/c1-19(2)14(21)11-4-6-22-13-3-5-20(9-12(11)13)15-17-7-10(16)8-18-15;3-2(4,5)1(6)7/h7-8,11-13H,3-6,9H2,1-2H3;(H,6,7)/t11-,12-,13-;/m1./s1. The van der Waals surface area contributed by atoms with Crippen LogP contribution in [0.4, 0.5) is 23.5 Å². The molecule has 1 amide bonds. The van der Waals surface area contributed by atoms with E-state index >= 15 is 0 Å². The molecule has 1 aromatic rings. The zero-order chi connectivity index (χ0) is 21.8. The minimum atomic E-state index is -5.08. The van der Waals surface area contributed by atoms with Gasteiger partial charge < -0.3 is 19.6 Å². The molecule has 162 valence electrons. The average Bonchev–Trinajstić information content (AvgIpc) is 2.66. The van der Waals surface area contributed by atoms with Crippen LogP contribution in [0.15, 0.2) is 12.4 Å². The molecule has 29 heavy (non-hydrogen) atoms. The zero-order valence-electron chi connectivity index (χ0n) is 15.9. The van der Waals surface area contributed by atoms with Crippen molar-refractivity contribution in [1.82, 2.24) is 14.9 Å². The number of carboxylic acid groups (broad SMARTS) is 1. The van der Waals surface area contributed by atoms with Gasteiger partial charge in [-0.2, -0.15) is 13.2 Å². The van der Waals surface area contributed by atoms with Crippen LogP contribution in [0.25, 0.3) is 0 Å². The number of hydrogen-bond acceptors (Lipinski definition) is 6. The molecule has 1 N–H and O–H groups in total. The maximum atomic E-state index is 13.0. The van der Waals surface area contributed by atoms with Crippen molar-refractivity contribution < 1.29 is 37.0 Å². The Kier molecular flexibility index (Phi) is 7.33. The molecule has 0 bridgehead atoms. The highest BCUT2D eigenvalue weighted by Crippen LogP contribution is 2.34. The maximum Gasteiger partial charge on any atom is 0.490 e. The van der Waals surface area contributed by atoms with Crippen LogP contribution >= 0.6 is 0 Å². The van der Waals surface area contributed by atoms with Crippen LogP contribution in [0.2, 0.25) is 0 Å². The first-order valence-corrected chi connectivity index (χ1v) is 8.86. The van der Waals surface area contributed by atoms with E-state index in [0.29, 0.717) is 19.1 Å². The summed E-state index contributed by atoms with van der Waals surface area (Å²) in [5, 5.41) is 7.12. The van der Waals surface area contributed by atoms with Crippen molar-refractivity contribution in [3.8, 4) is 0 Å². The molecule has 3 heterocycles. The van der Waals surface area contributed by atoms with Crippen LogP contribution in [-0.2, 0) is 14.3 Å². The number of hydrogen-bond donors (Lipinski definition) is 1. The van der Waals surface area contributed by atoms with Gasteiger partial charge in [-0.3, -0.25) is 4.79 Å². The molecule has 2 aliphatic rings. The average molecular weight is 422 g/mol. The summed E-state index contributed by atoms with van der Waals surface area (Å²) in [5.41, 5.74) is 0. The van der Waals surface area contributed by atoms with Gasteiger partial charge in [0, 0.05) is 45.6 Å². The fourth-order valence-corrected chi connectivity index (χ4v) is 3.40. The fraction of sp³-hybridized carbons (Fsp3) is 0.647. The Morgan fingerprint density at radius 2 is 1.83 bits per heavy atom. The van der Waals surface area contributed by atoms with Crippen LogP contribution in [0, 0.1) is 17.7 Å². The van der Waals surface area contributed by atoms with Gasteiger partial charge in [0.1, 0.15) is 0 Å². The highest BCUT2D eigenvalue weighted by Gasteiger charge is 2.42. The molecule has 2 saturated heterocycles. The third-order valence-electron chi connectivity index (χ3n) is 4.76. The summed E-state index contributed by atoms with van der Waals surface area (Å²) in [4.78, 5) is 33.1. The van der Waals surface area contributed by atoms with E-state index in [-0.39, 0.29) is 23.8 Å². The molecule has 0 unspecified atom stereocenters. The van der Waals surface area contributed by atoms with Gasteiger partial charge in [-0.25, -0.2) is 19.2 Å². The molecule has 3 atom stereocenters. The monoisotopic (exact) mass is 422 g/mol. The van der Waals surface area contributed by atoms with E-state index in [2.05, 4.69) is 9.97 Å². The summed E-state index contributed by atoms with van der Waals surface area (Å²) in [6.07, 6.45) is -1.04. The Labute approximate surface area is 164 Å². The Balaban J connectivity index is 0.000000370. The molecule has 3 rings (SSSR count). The molecule has 0 aliphatic carbocycles. The molecule has 0 aromatic carbocycles. The Morgan fingerprint density at radius 1 is 1.24 bits per heavy atom. The first-order valence-electron chi connectivity index (χ1n) is 8.86. The normalized spacial score (nSPS) is 24.1. The summed E-state index contributed by atoms with van der Waals surface area (Å²) < 4.78 is 50.5. The Hall–Kier alpha value is -2.50. The lowest BCUT2D eigenvalue weighted by Crippen LogP contribution is -2.53. The number of anilines is 1. The summed E-state index contributed by atoms with van der Waals surface area (Å²) in [6.45, 7) is 2.06. The van der Waals surface area contributed by atoms with Gasteiger partial charge in [0.05, 0.1) is 18.5 Å². The summed E-state index contributed by atoms with van der Waals surface area (Å²) in [5.74, 6) is -2.43. The van der Waals surface area contributed by atoms with E-state index < -0.39 is 18.0 Å². The van der Waals surface area contributed by atoms with Crippen molar-refractivity contribution in [3.05, 3.63) is 18.2 Å². The van der Waals surface area contributed by atoms with Crippen LogP contribution in [-0.4, -0.2) is 77.9 Å². The number of carbonyl (C=O) groups excluding carboxylic acids is 1. The largest absolute Gasteiger partial charge is 0.490 e. The second-order valence-corrected chi connectivity index (χ2v) is 6.94. The molecule has 1 aromatic heterocycles. The SMILES string of the molecule is CN(C)C(=O)[C@@H]1CCO[C@@H]2CCN(c3ncc(F)cn3)C[C@@H]21.O=C(O)C(F)(F)F. The molecule has 0 spiro atoms. The van der Waals surface area contributed by atoms with E-state index in [1.165, 1.54) is 12.4 Å². The predicted octanol–water partition coefficient (Wildman–Crippen LogP) is 1.57. The Morgan fingerprint density at radius 3 is 2.34 bits per heavy atom. The lowest BCUT2D eigenvalue weighted by atomic mass is 9.79. The summed E-state index contributed by atoms with van der Waals surface area (Å²) >= 11 is 0. The van der Waals surface area contributed by atoms with Crippen molar-refractivity contribution in [1.29, 1.82) is 0 Å². The molecule has 8 nitrogen and oxygen atoms in total. The molecule has 2 aliphatic heterocycles. The molecular formula is C17H22F4N4O4. The zero-order valence-corrected chi connectivity index (χ0v) is 15.9. The number of amides is 1. The van der Waals surface area contributed by atoms with E-state index in [1.807, 2.05) is 4.90 Å². The van der Waals surface area contributed by atoms with Crippen LogP contribution in [0.1, 0.15) is 12.8 Å².